The minimum atomic E-state index is -0.262. The quantitative estimate of drug-likeness (QED) is 0.339. The van der Waals surface area contributed by atoms with E-state index < -0.39 is 0 Å². The lowest BCUT2D eigenvalue weighted by atomic mass is 9.43. The molecule has 0 rings (SSSR count). The number of rotatable bonds is 12. The Morgan fingerprint density at radius 1 is 0.577 bits per heavy atom. The van der Waals surface area contributed by atoms with Gasteiger partial charge in [-0.05, 0) is 61.2 Å². The van der Waals surface area contributed by atoms with E-state index in [0.717, 1.165) is 38.5 Å². The van der Waals surface area contributed by atoms with E-state index in [1.807, 2.05) is 0 Å². The van der Waals surface area contributed by atoms with Gasteiger partial charge < -0.3 is 0 Å². The van der Waals surface area contributed by atoms with Crippen molar-refractivity contribution in [3.8, 4) is 0 Å². The SMILES string of the molecule is CCC(C)(CC)C(CC)(C(=O)C(CC)(C(C)C)C(C)(CC)CC)C(C)C. The fourth-order valence-corrected chi connectivity index (χ4v) is 6.62. The number of hydrogen-bond acceptors (Lipinski definition) is 1. The van der Waals surface area contributed by atoms with Gasteiger partial charge in [-0.15, -0.1) is 0 Å². The molecular weight excluding hydrogens is 316 g/mol. The Morgan fingerprint density at radius 3 is 0.923 bits per heavy atom. The summed E-state index contributed by atoms with van der Waals surface area (Å²) in [5, 5.41) is 0. The van der Waals surface area contributed by atoms with E-state index in [4.69, 9.17) is 0 Å². The van der Waals surface area contributed by atoms with Gasteiger partial charge in [-0.1, -0.05) is 83.1 Å². The van der Waals surface area contributed by atoms with Gasteiger partial charge in [-0.2, -0.15) is 0 Å². The zero-order valence-electron chi connectivity index (χ0n) is 20.3. The van der Waals surface area contributed by atoms with Crippen LogP contribution in [0.1, 0.15) is 122 Å². The highest BCUT2D eigenvalue weighted by Gasteiger charge is 2.62. The first-order chi connectivity index (χ1) is 11.9. The molecule has 0 heterocycles. The second-order valence-electron chi connectivity index (χ2n) is 9.82. The molecule has 0 fully saturated rings. The van der Waals surface area contributed by atoms with E-state index in [1.54, 1.807) is 0 Å². The topological polar surface area (TPSA) is 17.1 Å². The van der Waals surface area contributed by atoms with Gasteiger partial charge in [0, 0.05) is 10.8 Å². The fourth-order valence-electron chi connectivity index (χ4n) is 6.62. The van der Waals surface area contributed by atoms with E-state index in [-0.39, 0.29) is 21.7 Å². The molecular formula is C25H50O. The summed E-state index contributed by atoms with van der Waals surface area (Å²) in [4.78, 5) is 14.8. The lowest BCUT2D eigenvalue weighted by molar-refractivity contribution is -0.169. The number of carbonyl (C=O) groups excluding carboxylic acids is 1. The molecule has 2 unspecified atom stereocenters. The summed E-state index contributed by atoms with van der Waals surface area (Å²) in [7, 11) is 0. The van der Waals surface area contributed by atoms with Gasteiger partial charge in [-0.3, -0.25) is 4.79 Å². The highest BCUT2D eigenvalue weighted by atomic mass is 16.1. The number of carbonyl (C=O) groups is 1. The summed E-state index contributed by atoms with van der Waals surface area (Å²) < 4.78 is 0. The summed E-state index contributed by atoms with van der Waals surface area (Å²) in [6.45, 7) is 27.6. The van der Waals surface area contributed by atoms with Gasteiger partial charge in [0.15, 0.2) is 0 Å². The van der Waals surface area contributed by atoms with Crippen LogP contribution in [0, 0.1) is 33.5 Å². The van der Waals surface area contributed by atoms with Crippen LogP contribution in [0.25, 0.3) is 0 Å². The molecule has 0 bridgehead atoms. The van der Waals surface area contributed by atoms with E-state index in [9.17, 15) is 4.79 Å². The Morgan fingerprint density at radius 2 is 0.808 bits per heavy atom. The van der Waals surface area contributed by atoms with Crippen LogP contribution in [-0.4, -0.2) is 5.78 Å². The maximum Gasteiger partial charge on any atom is 0.146 e. The highest BCUT2D eigenvalue weighted by Crippen LogP contribution is 2.62. The Hall–Kier alpha value is -0.330. The maximum absolute atomic E-state index is 14.8. The first-order valence-electron chi connectivity index (χ1n) is 11.5. The molecule has 26 heavy (non-hydrogen) atoms. The smallest absolute Gasteiger partial charge is 0.146 e. The number of ketones is 1. The molecule has 156 valence electrons. The van der Waals surface area contributed by atoms with Gasteiger partial charge in [0.05, 0.1) is 0 Å². The molecule has 0 saturated heterocycles. The first kappa shape index (κ1) is 25.7. The molecule has 0 aliphatic carbocycles. The van der Waals surface area contributed by atoms with Gasteiger partial charge in [0.25, 0.3) is 0 Å². The molecule has 0 aliphatic rings. The number of hydrogen-bond donors (Lipinski definition) is 0. The van der Waals surface area contributed by atoms with Crippen molar-refractivity contribution in [2.45, 2.75) is 122 Å². The Labute approximate surface area is 166 Å². The largest absolute Gasteiger partial charge is 0.298 e. The predicted molar refractivity (Wildman–Crippen MR) is 118 cm³/mol. The molecule has 0 amide bonds. The predicted octanol–water partition coefficient (Wildman–Crippen LogP) is 8.31. The van der Waals surface area contributed by atoms with Crippen LogP contribution in [0.15, 0.2) is 0 Å². The molecule has 0 aliphatic heterocycles. The monoisotopic (exact) mass is 366 g/mol. The second kappa shape index (κ2) is 9.24. The Kier molecular flexibility index (Phi) is 9.13. The van der Waals surface area contributed by atoms with Crippen LogP contribution in [-0.2, 0) is 4.79 Å². The van der Waals surface area contributed by atoms with Crippen molar-refractivity contribution in [1.82, 2.24) is 0 Å². The van der Waals surface area contributed by atoms with Crippen molar-refractivity contribution < 1.29 is 4.79 Å². The Bertz CT molecular complexity index is 399. The average Bonchev–Trinajstić information content (AvgIpc) is 2.62. The van der Waals surface area contributed by atoms with Crippen LogP contribution in [0.4, 0.5) is 0 Å². The van der Waals surface area contributed by atoms with Crippen molar-refractivity contribution in [3.05, 3.63) is 0 Å². The molecule has 0 spiro atoms. The zero-order chi connectivity index (χ0) is 21.0. The molecule has 0 aromatic carbocycles. The van der Waals surface area contributed by atoms with Crippen molar-refractivity contribution >= 4 is 5.78 Å². The van der Waals surface area contributed by atoms with Crippen LogP contribution in [0.5, 0.6) is 0 Å². The van der Waals surface area contributed by atoms with E-state index >= 15 is 0 Å². The summed E-state index contributed by atoms with van der Waals surface area (Å²) in [6.07, 6.45) is 6.14. The van der Waals surface area contributed by atoms with Gasteiger partial charge >= 0.3 is 0 Å². The molecule has 0 radical (unpaired) electrons. The fraction of sp³-hybridized carbons (Fsp3) is 0.960. The second-order valence-corrected chi connectivity index (χ2v) is 9.82. The van der Waals surface area contributed by atoms with Gasteiger partial charge in [0.2, 0.25) is 0 Å². The van der Waals surface area contributed by atoms with Crippen molar-refractivity contribution in [3.63, 3.8) is 0 Å². The minimum Gasteiger partial charge on any atom is -0.298 e. The van der Waals surface area contributed by atoms with Crippen LogP contribution in [0.2, 0.25) is 0 Å². The molecule has 0 aromatic rings. The maximum atomic E-state index is 14.8. The minimum absolute atomic E-state index is 0.0463. The number of Topliss-reactive ketones (excluding diaryl/α,β-unsaturated/α-hetero) is 1. The average molecular weight is 367 g/mol. The third-order valence-electron chi connectivity index (χ3n) is 9.17. The summed E-state index contributed by atoms with van der Waals surface area (Å²) in [5.41, 5.74) is -0.430. The van der Waals surface area contributed by atoms with E-state index in [1.165, 1.54) is 0 Å². The van der Waals surface area contributed by atoms with Crippen molar-refractivity contribution in [1.29, 1.82) is 0 Å². The molecule has 1 nitrogen and oxygen atoms in total. The summed E-state index contributed by atoms with van der Waals surface area (Å²) >= 11 is 0. The van der Waals surface area contributed by atoms with E-state index in [0.29, 0.717) is 17.6 Å². The van der Waals surface area contributed by atoms with E-state index in [2.05, 4.69) is 83.1 Å². The van der Waals surface area contributed by atoms with Crippen LogP contribution >= 0.6 is 0 Å². The first-order valence-corrected chi connectivity index (χ1v) is 11.5. The van der Waals surface area contributed by atoms with Crippen LogP contribution in [0.3, 0.4) is 0 Å². The van der Waals surface area contributed by atoms with Crippen LogP contribution < -0.4 is 0 Å². The third-order valence-corrected chi connectivity index (χ3v) is 9.17. The molecule has 0 saturated carbocycles. The van der Waals surface area contributed by atoms with Gasteiger partial charge in [-0.25, -0.2) is 0 Å². The van der Waals surface area contributed by atoms with Crippen molar-refractivity contribution in [2.75, 3.05) is 0 Å². The lowest BCUT2D eigenvalue weighted by Gasteiger charge is -2.59. The molecule has 0 N–H and O–H groups in total. The van der Waals surface area contributed by atoms with Gasteiger partial charge in [0.1, 0.15) is 5.78 Å². The molecule has 2 atom stereocenters. The standard InChI is InChI=1S/C25H50O/c1-13-22(11,14-2)24(17-5,19(7)8)21(26)25(18-6,20(9)10)23(12,15-3)16-4/h19-20H,13-18H2,1-12H3. The Balaban J connectivity index is 7.00. The zero-order valence-corrected chi connectivity index (χ0v) is 20.3. The molecule has 0 aromatic heterocycles. The lowest BCUT2D eigenvalue weighted by Crippen LogP contribution is -2.60. The molecule has 1 heteroatoms. The van der Waals surface area contributed by atoms with Crippen molar-refractivity contribution in [2.24, 2.45) is 33.5 Å². The highest BCUT2D eigenvalue weighted by molar-refractivity contribution is 5.92. The summed E-state index contributed by atoms with van der Waals surface area (Å²) in [6, 6.07) is 0. The summed E-state index contributed by atoms with van der Waals surface area (Å²) in [5.74, 6) is 1.28. The normalized spacial score (nSPS) is 18.1. The third kappa shape index (κ3) is 3.42.